The smallest absolute Gasteiger partial charge is 0.136 e. The molecule has 3 nitrogen and oxygen atoms in total. The summed E-state index contributed by atoms with van der Waals surface area (Å²) in [5.74, 6) is 2.40. The van der Waals surface area contributed by atoms with Gasteiger partial charge in [0.1, 0.15) is 23.2 Å². The summed E-state index contributed by atoms with van der Waals surface area (Å²) in [4.78, 5) is 4.76. The first-order valence-electron chi connectivity index (χ1n) is 9.34. The SMILES string of the molecule is CCC1C=CC(OCC2=NC(CCNc3cc(F)ccc3C)CS2)=CC1. The van der Waals surface area contributed by atoms with E-state index in [1.54, 1.807) is 23.9 Å². The van der Waals surface area contributed by atoms with Crippen molar-refractivity contribution < 1.29 is 9.13 Å². The molecule has 0 bridgehead atoms. The van der Waals surface area contributed by atoms with Crippen LogP contribution in [0.3, 0.4) is 0 Å². The first-order valence-corrected chi connectivity index (χ1v) is 10.3. The number of aryl methyl sites for hydroxylation is 1. The second-order valence-electron chi connectivity index (χ2n) is 6.82. The number of halogens is 1. The number of anilines is 1. The van der Waals surface area contributed by atoms with Gasteiger partial charge in [0.05, 0.1) is 6.04 Å². The fraction of sp³-hybridized carbons (Fsp3) is 0.476. The molecule has 1 aliphatic carbocycles. The quantitative estimate of drug-likeness (QED) is 0.667. The third-order valence-corrected chi connectivity index (χ3v) is 5.91. The second-order valence-corrected chi connectivity index (χ2v) is 7.91. The number of aliphatic imine (C=N–C) groups is 1. The van der Waals surface area contributed by atoms with Crippen LogP contribution in [0.15, 0.2) is 47.2 Å². The van der Waals surface area contributed by atoms with E-state index in [1.807, 2.05) is 6.92 Å². The maximum atomic E-state index is 13.3. The van der Waals surface area contributed by atoms with E-state index in [0.29, 0.717) is 18.6 Å². The molecule has 1 aromatic carbocycles. The standard InChI is InChI=1S/C21H27FN2OS/c1-3-16-5-8-19(9-6-16)25-13-21-24-18(14-26-21)10-11-23-20-12-17(22)7-4-15(20)2/h4-5,7-9,12,16,18,23H,3,6,10-11,13-14H2,1-2H3. The molecule has 1 aromatic rings. The molecule has 3 rings (SSSR count). The fourth-order valence-electron chi connectivity index (χ4n) is 3.06. The van der Waals surface area contributed by atoms with Gasteiger partial charge in [-0.15, -0.1) is 11.8 Å². The average molecular weight is 375 g/mol. The molecule has 2 atom stereocenters. The Kier molecular flexibility index (Phi) is 6.78. The molecular formula is C21H27FN2OS. The van der Waals surface area contributed by atoms with Crippen LogP contribution >= 0.6 is 11.8 Å². The summed E-state index contributed by atoms with van der Waals surface area (Å²) in [5, 5.41) is 4.39. The number of nitrogens with zero attached hydrogens (tertiary/aromatic N) is 1. The Bertz CT molecular complexity index is 714. The molecule has 1 N–H and O–H groups in total. The minimum atomic E-state index is -0.205. The lowest BCUT2D eigenvalue weighted by Gasteiger charge is -2.14. The van der Waals surface area contributed by atoms with Crippen LogP contribution in [0.1, 0.15) is 31.7 Å². The summed E-state index contributed by atoms with van der Waals surface area (Å²) in [6.07, 6.45) is 9.68. The normalized spacial score (nSPS) is 22.1. The number of hydrogen-bond acceptors (Lipinski definition) is 4. The van der Waals surface area contributed by atoms with Crippen LogP contribution in [0, 0.1) is 18.7 Å². The van der Waals surface area contributed by atoms with Gasteiger partial charge in [0.2, 0.25) is 0 Å². The van der Waals surface area contributed by atoms with E-state index in [1.165, 1.54) is 12.5 Å². The summed E-state index contributed by atoms with van der Waals surface area (Å²) in [7, 11) is 0. The zero-order valence-electron chi connectivity index (χ0n) is 15.5. The Morgan fingerprint density at radius 2 is 2.27 bits per heavy atom. The molecular weight excluding hydrogens is 347 g/mol. The van der Waals surface area contributed by atoms with E-state index in [0.717, 1.165) is 47.2 Å². The molecule has 1 aliphatic heterocycles. The van der Waals surface area contributed by atoms with Gasteiger partial charge in [0.15, 0.2) is 0 Å². The van der Waals surface area contributed by atoms with E-state index in [9.17, 15) is 4.39 Å². The van der Waals surface area contributed by atoms with Crippen LogP contribution in [-0.4, -0.2) is 30.0 Å². The highest BCUT2D eigenvalue weighted by Gasteiger charge is 2.19. The summed E-state index contributed by atoms with van der Waals surface area (Å²) < 4.78 is 19.2. The Morgan fingerprint density at radius 1 is 1.38 bits per heavy atom. The van der Waals surface area contributed by atoms with Crippen molar-refractivity contribution in [1.82, 2.24) is 0 Å². The summed E-state index contributed by atoms with van der Waals surface area (Å²) >= 11 is 1.78. The Labute approximate surface area is 159 Å². The van der Waals surface area contributed by atoms with Gasteiger partial charge in [0.25, 0.3) is 0 Å². The number of thioether (sulfide) groups is 1. The molecule has 0 saturated heterocycles. The van der Waals surface area contributed by atoms with Crippen molar-refractivity contribution in [3.8, 4) is 0 Å². The zero-order chi connectivity index (χ0) is 18.4. The van der Waals surface area contributed by atoms with Crippen LogP contribution in [0.4, 0.5) is 10.1 Å². The zero-order valence-corrected chi connectivity index (χ0v) is 16.3. The molecule has 0 saturated carbocycles. The highest BCUT2D eigenvalue weighted by molar-refractivity contribution is 8.14. The minimum absolute atomic E-state index is 0.205. The van der Waals surface area contributed by atoms with Crippen LogP contribution < -0.4 is 5.32 Å². The number of nitrogens with one attached hydrogen (secondary N) is 1. The second kappa shape index (κ2) is 9.26. The lowest BCUT2D eigenvalue weighted by Crippen LogP contribution is -2.12. The number of allylic oxidation sites excluding steroid dienone is 3. The van der Waals surface area contributed by atoms with Gasteiger partial charge in [0, 0.05) is 18.0 Å². The molecule has 0 radical (unpaired) electrons. The Morgan fingerprint density at radius 3 is 3.04 bits per heavy atom. The molecule has 26 heavy (non-hydrogen) atoms. The van der Waals surface area contributed by atoms with Crippen molar-refractivity contribution in [2.24, 2.45) is 10.9 Å². The molecule has 0 aromatic heterocycles. The van der Waals surface area contributed by atoms with E-state index < -0.39 is 0 Å². The van der Waals surface area contributed by atoms with Crippen LogP contribution in [0.2, 0.25) is 0 Å². The van der Waals surface area contributed by atoms with Gasteiger partial charge >= 0.3 is 0 Å². The third-order valence-electron chi connectivity index (χ3n) is 4.80. The average Bonchev–Trinajstić information content (AvgIpc) is 3.11. The number of hydrogen-bond donors (Lipinski definition) is 1. The lowest BCUT2D eigenvalue weighted by atomic mass is 9.98. The van der Waals surface area contributed by atoms with E-state index in [4.69, 9.17) is 9.73 Å². The maximum Gasteiger partial charge on any atom is 0.136 e. The largest absolute Gasteiger partial charge is 0.487 e. The molecule has 0 fully saturated rings. The summed E-state index contributed by atoms with van der Waals surface area (Å²) in [5.41, 5.74) is 1.92. The van der Waals surface area contributed by atoms with Gasteiger partial charge in [-0.3, -0.25) is 4.99 Å². The number of rotatable bonds is 8. The Hall–Kier alpha value is -1.75. The first-order chi connectivity index (χ1) is 12.6. The van der Waals surface area contributed by atoms with Gasteiger partial charge in [-0.2, -0.15) is 0 Å². The topological polar surface area (TPSA) is 33.6 Å². The summed E-state index contributed by atoms with van der Waals surface area (Å²) in [6.45, 7) is 5.55. The van der Waals surface area contributed by atoms with Gasteiger partial charge in [-0.1, -0.05) is 19.1 Å². The van der Waals surface area contributed by atoms with Gasteiger partial charge < -0.3 is 10.1 Å². The van der Waals surface area contributed by atoms with Crippen molar-refractivity contribution in [2.45, 2.75) is 39.2 Å². The molecule has 2 unspecified atom stereocenters. The van der Waals surface area contributed by atoms with Crippen LogP contribution in [-0.2, 0) is 4.74 Å². The highest BCUT2D eigenvalue weighted by atomic mass is 32.2. The van der Waals surface area contributed by atoms with Crippen molar-refractivity contribution in [1.29, 1.82) is 0 Å². The molecule has 1 heterocycles. The Balaban J connectivity index is 1.40. The predicted molar refractivity (Wildman–Crippen MR) is 109 cm³/mol. The van der Waals surface area contributed by atoms with Crippen molar-refractivity contribution in [3.63, 3.8) is 0 Å². The van der Waals surface area contributed by atoms with Crippen LogP contribution in [0.25, 0.3) is 0 Å². The van der Waals surface area contributed by atoms with Gasteiger partial charge in [-0.25, -0.2) is 4.39 Å². The van der Waals surface area contributed by atoms with Gasteiger partial charge in [-0.05, 0) is 62.0 Å². The van der Waals surface area contributed by atoms with E-state index in [2.05, 4.69) is 30.5 Å². The maximum absolute atomic E-state index is 13.3. The van der Waals surface area contributed by atoms with Crippen LogP contribution in [0.5, 0.6) is 0 Å². The third kappa shape index (κ3) is 5.37. The summed E-state index contributed by atoms with van der Waals surface area (Å²) in [6, 6.07) is 5.15. The number of ether oxygens (including phenoxy) is 1. The molecule has 5 heteroatoms. The minimum Gasteiger partial charge on any atom is -0.487 e. The molecule has 0 amide bonds. The van der Waals surface area contributed by atoms with Crippen molar-refractivity contribution in [3.05, 3.63) is 53.6 Å². The monoisotopic (exact) mass is 374 g/mol. The fourth-order valence-corrected chi connectivity index (χ4v) is 4.05. The predicted octanol–water partition coefficient (Wildman–Crippen LogP) is 5.34. The number of benzene rings is 1. The molecule has 0 spiro atoms. The molecule has 2 aliphatic rings. The van der Waals surface area contributed by atoms with Crippen molar-refractivity contribution in [2.75, 3.05) is 24.2 Å². The van der Waals surface area contributed by atoms with E-state index >= 15 is 0 Å². The highest BCUT2D eigenvalue weighted by Crippen LogP contribution is 2.24. The first kappa shape index (κ1) is 19.0. The lowest BCUT2D eigenvalue weighted by molar-refractivity contribution is 0.270. The molecule has 140 valence electrons. The van der Waals surface area contributed by atoms with E-state index in [-0.39, 0.29) is 5.82 Å². The van der Waals surface area contributed by atoms with Crippen molar-refractivity contribution >= 4 is 22.5 Å².